The molecule has 3 N–H and O–H groups in total. The van der Waals surface area contributed by atoms with Crippen LogP contribution < -0.4 is 11.1 Å². The first-order valence-corrected chi connectivity index (χ1v) is 7.31. The van der Waals surface area contributed by atoms with Gasteiger partial charge in [0.2, 0.25) is 5.91 Å². The molecule has 1 fully saturated rings. The Morgan fingerprint density at radius 3 is 2.50 bits per heavy atom. The van der Waals surface area contributed by atoms with E-state index in [4.69, 9.17) is 5.73 Å². The highest BCUT2D eigenvalue weighted by Crippen LogP contribution is 2.28. The zero-order valence-electron chi connectivity index (χ0n) is 10.4. The second-order valence-electron chi connectivity index (χ2n) is 4.87. The highest BCUT2D eigenvalue weighted by atomic mass is 32.2. The van der Waals surface area contributed by atoms with Crippen LogP contribution in [0.15, 0.2) is 0 Å². The lowest BCUT2D eigenvalue weighted by Gasteiger charge is -2.24. The van der Waals surface area contributed by atoms with Crippen molar-refractivity contribution >= 4 is 17.7 Å². The fourth-order valence-corrected chi connectivity index (χ4v) is 3.47. The van der Waals surface area contributed by atoms with Crippen LogP contribution in [0.4, 0.5) is 0 Å². The number of thioether (sulfide) groups is 1. The number of carbonyl (C=O) groups is 1. The number of primary amides is 1. The van der Waals surface area contributed by atoms with E-state index >= 15 is 0 Å². The van der Waals surface area contributed by atoms with Gasteiger partial charge in [0.25, 0.3) is 0 Å². The maximum atomic E-state index is 11.3. The van der Waals surface area contributed by atoms with Gasteiger partial charge in [0.1, 0.15) is 0 Å². The quantitative estimate of drug-likeness (QED) is 0.750. The zero-order valence-corrected chi connectivity index (χ0v) is 11.2. The highest BCUT2D eigenvalue weighted by molar-refractivity contribution is 7.99. The molecule has 16 heavy (non-hydrogen) atoms. The van der Waals surface area contributed by atoms with Crippen LogP contribution in [0.25, 0.3) is 0 Å². The van der Waals surface area contributed by atoms with E-state index in [2.05, 4.69) is 5.32 Å². The molecule has 0 saturated heterocycles. The zero-order chi connectivity index (χ0) is 12.0. The number of carbonyl (C=O) groups excluding carboxylic acids is 1. The minimum atomic E-state index is -0.225. The summed E-state index contributed by atoms with van der Waals surface area (Å²) in [5.74, 6) is 0.593. The van der Waals surface area contributed by atoms with E-state index in [1.807, 2.05) is 25.6 Å². The van der Waals surface area contributed by atoms with Gasteiger partial charge in [-0.05, 0) is 12.8 Å². The average molecular weight is 244 g/mol. The van der Waals surface area contributed by atoms with Gasteiger partial charge < -0.3 is 11.1 Å². The van der Waals surface area contributed by atoms with Gasteiger partial charge in [-0.3, -0.25) is 4.79 Å². The molecule has 0 aromatic carbocycles. The van der Waals surface area contributed by atoms with E-state index in [-0.39, 0.29) is 11.9 Å². The molecule has 1 unspecified atom stereocenters. The Bertz CT molecular complexity index is 215. The number of amides is 1. The molecule has 3 nitrogen and oxygen atoms in total. The first-order valence-electron chi connectivity index (χ1n) is 6.26. The van der Waals surface area contributed by atoms with Gasteiger partial charge in [0, 0.05) is 17.0 Å². The lowest BCUT2D eigenvalue weighted by molar-refractivity contribution is -0.119. The molecule has 1 aliphatic carbocycles. The fraction of sp³-hybridized carbons (Fsp3) is 0.917. The Kier molecular flexibility index (Phi) is 6.21. The molecular formula is C12H24N2OS. The molecule has 1 saturated carbocycles. The van der Waals surface area contributed by atoms with E-state index in [1.165, 1.54) is 32.1 Å². The van der Waals surface area contributed by atoms with Crippen LogP contribution in [0, 0.1) is 0 Å². The van der Waals surface area contributed by atoms with Crippen LogP contribution in [0.5, 0.6) is 0 Å². The molecule has 0 aromatic heterocycles. The number of nitrogens with one attached hydrogen (secondary N) is 1. The first kappa shape index (κ1) is 13.8. The van der Waals surface area contributed by atoms with Crippen molar-refractivity contribution < 1.29 is 4.79 Å². The third kappa shape index (κ3) is 5.21. The van der Waals surface area contributed by atoms with Crippen molar-refractivity contribution in [3.63, 3.8) is 0 Å². The van der Waals surface area contributed by atoms with Crippen LogP contribution in [0.1, 0.15) is 46.0 Å². The Balaban J connectivity index is 2.28. The van der Waals surface area contributed by atoms with Crippen molar-refractivity contribution in [2.75, 3.05) is 5.75 Å². The molecule has 0 bridgehead atoms. The van der Waals surface area contributed by atoms with Crippen LogP contribution in [0.2, 0.25) is 0 Å². The Labute approximate surface area is 103 Å². The molecule has 0 spiro atoms. The Morgan fingerprint density at radius 1 is 1.38 bits per heavy atom. The minimum absolute atomic E-state index is 0.174. The molecule has 0 aromatic rings. The van der Waals surface area contributed by atoms with Crippen LogP contribution >= 0.6 is 11.8 Å². The number of rotatable bonds is 6. The van der Waals surface area contributed by atoms with Crippen LogP contribution in [0.3, 0.4) is 0 Å². The summed E-state index contributed by atoms with van der Waals surface area (Å²) in [6.45, 7) is 4.09. The maximum absolute atomic E-state index is 11.3. The molecule has 0 radical (unpaired) electrons. The third-order valence-corrected chi connectivity index (χ3v) is 4.40. The van der Waals surface area contributed by atoms with Crippen LogP contribution in [-0.4, -0.2) is 29.0 Å². The SMILES string of the molecule is CC(C)NC(CSC1CCCCC1)C(N)=O. The summed E-state index contributed by atoms with van der Waals surface area (Å²) in [4.78, 5) is 11.3. The van der Waals surface area contributed by atoms with Gasteiger partial charge in [0.05, 0.1) is 6.04 Å². The second kappa shape index (κ2) is 7.17. The summed E-state index contributed by atoms with van der Waals surface area (Å²) in [6, 6.07) is 0.136. The van der Waals surface area contributed by atoms with Gasteiger partial charge in [-0.2, -0.15) is 11.8 Å². The van der Waals surface area contributed by atoms with Crippen molar-refractivity contribution in [2.24, 2.45) is 5.73 Å². The van der Waals surface area contributed by atoms with Gasteiger partial charge in [-0.15, -0.1) is 0 Å². The monoisotopic (exact) mass is 244 g/mol. The number of nitrogens with two attached hydrogens (primary N) is 1. The molecule has 0 aliphatic heterocycles. The summed E-state index contributed by atoms with van der Waals surface area (Å²) >= 11 is 1.91. The lowest BCUT2D eigenvalue weighted by Crippen LogP contribution is -2.46. The van der Waals surface area contributed by atoms with Gasteiger partial charge in [-0.25, -0.2) is 0 Å². The predicted molar refractivity (Wildman–Crippen MR) is 70.6 cm³/mol. The van der Waals surface area contributed by atoms with E-state index in [9.17, 15) is 4.79 Å². The van der Waals surface area contributed by atoms with Crippen LogP contribution in [-0.2, 0) is 4.79 Å². The third-order valence-electron chi connectivity index (χ3n) is 2.93. The minimum Gasteiger partial charge on any atom is -0.368 e. The second-order valence-corrected chi connectivity index (χ2v) is 6.20. The summed E-state index contributed by atoms with van der Waals surface area (Å²) in [7, 11) is 0. The Hall–Kier alpha value is -0.220. The van der Waals surface area contributed by atoms with E-state index in [0.29, 0.717) is 6.04 Å². The molecule has 94 valence electrons. The normalized spacial score (nSPS) is 19.9. The van der Waals surface area contributed by atoms with E-state index in [1.54, 1.807) is 0 Å². The predicted octanol–water partition coefficient (Wildman–Crippen LogP) is 1.90. The lowest BCUT2D eigenvalue weighted by atomic mass is 10.0. The largest absolute Gasteiger partial charge is 0.368 e. The number of hydrogen-bond acceptors (Lipinski definition) is 3. The Morgan fingerprint density at radius 2 is 2.00 bits per heavy atom. The van der Waals surface area contributed by atoms with Crippen molar-refractivity contribution in [2.45, 2.75) is 63.3 Å². The smallest absolute Gasteiger partial charge is 0.235 e. The van der Waals surface area contributed by atoms with Crippen molar-refractivity contribution in [3.8, 4) is 0 Å². The molecule has 1 amide bonds. The highest BCUT2D eigenvalue weighted by Gasteiger charge is 2.20. The molecule has 0 heterocycles. The van der Waals surface area contributed by atoms with E-state index in [0.717, 1.165) is 11.0 Å². The summed E-state index contributed by atoms with van der Waals surface area (Å²) in [6.07, 6.45) is 6.67. The van der Waals surface area contributed by atoms with Crippen molar-refractivity contribution in [1.29, 1.82) is 0 Å². The fourth-order valence-electron chi connectivity index (χ4n) is 2.08. The molecule has 1 atom stereocenters. The molecule has 4 heteroatoms. The first-order chi connectivity index (χ1) is 7.59. The molecule has 1 aliphatic rings. The average Bonchev–Trinajstić information content (AvgIpc) is 2.25. The standard InChI is InChI=1S/C12H24N2OS/c1-9(2)14-11(12(13)15)8-16-10-6-4-3-5-7-10/h9-11,14H,3-8H2,1-2H3,(H2,13,15). The van der Waals surface area contributed by atoms with Gasteiger partial charge in [0.15, 0.2) is 0 Å². The van der Waals surface area contributed by atoms with Crippen molar-refractivity contribution in [1.82, 2.24) is 5.32 Å². The molecule has 1 rings (SSSR count). The summed E-state index contributed by atoms with van der Waals surface area (Å²) in [5.41, 5.74) is 5.39. The van der Waals surface area contributed by atoms with E-state index < -0.39 is 0 Å². The van der Waals surface area contributed by atoms with Gasteiger partial charge >= 0.3 is 0 Å². The van der Waals surface area contributed by atoms with Crippen molar-refractivity contribution in [3.05, 3.63) is 0 Å². The van der Waals surface area contributed by atoms with Gasteiger partial charge in [-0.1, -0.05) is 33.1 Å². The topological polar surface area (TPSA) is 55.1 Å². The summed E-state index contributed by atoms with van der Waals surface area (Å²) < 4.78 is 0. The molecular weight excluding hydrogens is 220 g/mol. The number of hydrogen-bond donors (Lipinski definition) is 2. The summed E-state index contributed by atoms with van der Waals surface area (Å²) in [5, 5.41) is 3.96. The maximum Gasteiger partial charge on any atom is 0.235 e.